The van der Waals surface area contributed by atoms with Gasteiger partial charge in [-0.1, -0.05) is 23.7 Å². The van der Waals surface area contributed by atoms with Gasteiger partial charge in [0.2, 0.25) is 0 Å². The third-order valence-corrected chi connectivity index (χ3v) is 4.08. The molecule has 0 heterocycles. The van der Waals surface area contributed by atoms with Crippen LogP contribution in [0.1, 0.15) is 29.5 Å². The highest BCUT2D eigenvalue weighted by Gasteiger charge is 2.13. The Morgan fingerprint density at radius 3 is 2.75 bits per heavy atom. The lowest BCUT2D eigenvalue weighted by molar-refractivity contribution is 0.687. The zero-order valence-electron chi connectivity index (χ0n) is 11.1. The molecule has 1 aliphatic carbocycles. The van der Waals surface area contributed by atoms with Crippen molar-refractivity contribution in [2.45, 2.75) is 25.7 Å². The molecule has 0 unspecified atom stereocenters. The zero-order chi connectivity index (χ0) is 13.9. The molecule has 0 aromatic heterocycles. The lowest BCUT2D eigenvalue weighted by Crippen LogP contribution is -2.06. The summed E-state index contributed by atoms with van der Waals surface area (Å²) in [4.78, 5) is 0. The van der Waals surface area contributed by atoms with Gasteiger partial charge in [-0.05, 0) is 61.1 Å². The first-order chi connectivity index (χ1) is 9.78. The van der Waals surface area contributed by atoms with Crippen molar-refractivity contribution in [3.8, 4) is 6.07 Å². The van der Waals surface area contributed by atoms with Crippen LogP contribution in [0.2, 0.25) is 5.02 Å². The third-order valence-electron chi connectivity index (χ3n) is 3.76. The molecule has 0 saturated heterocycles. The Morgan fingerprint density at radius 2 is 1.95 bits per heavy atom. The number of hydrogen-bond acceptors (Lipinski definition) is 2. The number of aryl methyl sites for hydroxylation is 1. The first kappa shape index (κ1) is 13.0. The minimum atomic E-state index is 0.488. The molecule has 20 heavy (non-hydrogen) atoms. The van der Waals surface area contributed by atoms with E-state index in [1.807, 2.05) is 12.1 Å². The summed E-state index contributed by atoms with van der Waals surface area (Å²) in [5.41, 5.74) is 5.45. The van der Waals surface area contributed by atoms with Gasteiger partial charge in [-0.25, -0.2) is 0 Å². The van der Waals surface area contributed by atoms with Gasteiger partial charge in [-0.3, -0.25) is 0 Å². The summed E-state index contributed by atoms with van der Waals surface area (Å²) >= 11 is 6.08. The van der Waals surface area contributed by atoms with E-state index in [-0.39, 0.29) is 0 Å². The molecular weight excluding hydrogens is 268 g/mol. The summed E-state index contributed by atoms with van der Waals surface area (Å²) in [7, 11) is 0. The predicted octanol–water partition coefficient (Wildman–Crippen LogP) is 4.83. The van der Waals surface area contributed by atoms with Crippen LogP contribution in [-0.4, -0.2) is 0 Å². The number of nitrogens with one attached hydrogen (secondary N) is 1. The van der Waals surface area contributed by atoms with E-state index < -0.39 is 0 Å². The second kappa shape index (κ2) is 5.56. The fourth-order valence-electron chi connectivity index (χ4n) is 2.74. The molecule has 0 spiro atoms. The number of fused-ring (bicyclic) bond motifs is 1. The molecule has 0 saturated carbocycles. The molecule has 100 valence electrons. The van der Waals surface area contributed by atoms with Gasteiger partial charge >= 0.3 is 0 Å². The average molecular weight is 283 g/mol. The second-order valence-electron chi connectivity index (χ2n) is 5.08. The van der Waals surface area contributed by atoms with Crippen molar-refractivity contribution >= 4 is 23.0 Å². The van der Waals surface area contributed by atoms with Crippen LogP contribution < -0.4 is 5.32 Å². The average Bonchev–Trinajstić information content (AvgIpc) is 2.48. The van der Waals surface area contributed by atoms with Crippen molar-refractivity contribution in [3.05, 3.63) is 58.1 Å². The summed E-state index contributed by atoms with van der Waals surface area (Å²) in [6.45, 7) is 0. The topological polar surface area (TPSA) is 35.8 Å². The number of benzene rings is 2. The number of anilines is 2. The largest absolute Gasteiger partial charge is 0.355 e. The van der Waals surface area contributed by atoms with Crippen molar-refractivity contribution in [2.75, 3.05) is 5.32 Å². The second-order valence-corrected chi connectivity index (χ2v) is 5.49. The molecule has 0 radical (unpaired) electrons. The van der Waals surface area contributed by atoms with E-state index in [1.54, 1.807) is 6.07 Å². The van der Waals surface area contributed by atoms with Crippen LogP contribution >= 0.6 is 11.6 Å². The molecule has 3 heteroatoms. The summed E-state index contributed by atoms with van der Waals surface area (Å²) in [5, 5.41) is 12.8. The number of halogens is 1. The lowest BCUT2D eigenvalue weighted by atomic mass is 9.90. The molecule has 0 atom stereocenters. The number of nitrogens with zero attached hydrogens (tertiary/aromatic N) is 1. The Kier molecular flexibility index (Phi) is 3.62. The van der Waals surface area contributed by atoms with Gasteiger partial charge in [0.25, 0.3) is 0 Å². The fraction of sp³-hybridized carbons (Fsp3) is 0.235. The molecule has 2 nitrogen and oxygen atoms in total. The molecular formula is C17H15ClN2. The Morgan fingerprint density at radius 1 is 1.10 bits per heavy atom. The smallest absolute Gasteiger partial charge is 0.101 e. The summed E-state index contributed by atoms with van der Waals surface area (Å²) in [6, 6.07) is 13.9. The minimum absolute atomic E-state index is 0.488. The summed E-state index contributed by atoms with van der Waals surface area (Å²) < 4.78 is 0. The van der Waals surface area contributed by atoms with Gasteiger partial charge in [0.05, 0.1) is 10.6 Å². The van der Waals surface area contributed by atoms with Gasteiger partial charge in [0, 0.05) is 11.4 Å². The van der Waals surface area contributed by atoms with Gasteiger partial charge < -0.3 is 5.32 Å². The Balaban J connectivity index is 1.92. The van der Waals surface area contributed by atoms with E-state index in [0.29, 0.717) is 10.6 Å². The lowest BCUT2D eigenvalue weighted by Gasteiger charge is -2.20. The highest BCUT2D eigenvalue weighted by molar-refractivity contribution is 6.32. The number of hydrogen-bond donors (Lipinski definition) is 1. The van der Waals surface area contributed by atoms with Crippen LogP contribution in [0.25, 0.3) is 0 Å². The van der Waals surface area contributed by atoms with Crippen molar-refractivity contribution in [1.29, 1.82) is 5.26 Å². The maximum Gasteiger partial charge on any atom is 0.101 e. The molecule has 0 fully saturated rings. The normalized spacial score (nSPS) is 13.4. The SMILES string of the molecule is N#Cc1ccc(Nc2cccc3c2CCCC3)cc1Cl. The van der Waals surface area contributed by atoms with Crippen LogP contribution in [-0.2, 0) is 12.8 Å². The third kappa shape index (κ3) is 2.50. The predicted molar refractivity (Wildman–Crippen MR) is 82.5 cm³/mol. The van der Waals surface area contributed by atoms with Gasteiger partial charge in [-0.15, -0.1) is 0 Å². The van der Waals surface area contributed by atoms with Crippen molar-refractivity contribution < 1.29 is 0 Å². The highest BCUT2D eigenvalue weighted by atomic mass is 35.5. The van der Waals surface area contributed by atoms with Crippen LogP contribution in [0.4, 0.5) is 11.4 Å². The van der Waals surface area contributed by atoms with E-state index in [2.05, 4.69) is 29.6 Å². The molecule has 1 aliphatic rings. The molecule has 1 N–H and O–H groups in total. The molecule has 2 aromatic rings. The van der Waals surface area contributed by atoms with Crippen LogP contribution in [0.3, 0.4) is 0 Å². The standard InChI is InChI=1S/C17H15ClN2/c18-16-10-14(9-8-13(16)11-19)20-17-7-3-5-12-4-1-2-6-15(12)17/h3,5,7-10,20H,1-2,4,6H2. The molecule has 0 bridgehead atoms. The van der Waals surface area contributed by atoms with Gasteiger partial charge in [0.1, 0.15) is 6.07 Å². The van der Waals surface area contributed by atoms with E-state index in [4.69, 9.17) is 16.9 Å². The van der Waals surface area contributed by atoms with Crippen molar-refractivity contribution in [3.63, 3.8) is 0 Å². The Labute approximate surface area is 124 Å². The van der Waals surface area contributed by atoms with E-state index in [0.717, 1.165) is 17.8 Å². The quantitative estimate of drug-likeness (QED) is 0.856. The zero-order valence-corrected chi connectivity index (χ0v) is 11.9. The highest BCUT2D eigenvalue weighted by Crippen LogP contribution is 2.31. The molecule has 0 amide bonds. The molecule has 0 aliphatic heterocycles. The van der Waals surface area contributed by atoms with Crippen LogP contribution in [0, 0.1) is 11.3 Å². The van der Waals surface area contributed by atoms with Crippen LogP contribution in [0.5, 0.6) is 0 Å². The monoisotopic (exact) mass is 282 g/mol. The van der Waals surface area contributed by atoms with E-state index in [9.17, 15) is 0 Å². The summed E-state index contributed by atoms with van der Waals surface area (Å²) in [5.74, 6) is 0. The molecule has 2 aromatic carbocycles. The summed E-state index contributed by atoms with van der Waals surface area (Å²) in [6.07, 6.45) is 4.82. The maximum atomic E-state index is 8.90. The first-order valence-electron chi connectivity index (χ1n) is 6.85. The number of rotatable bonds is 2. The van der Waals surface area contributed by atoms with Gasteiger partial charge in [0.15, 0.2) is 0 Å². The van der Waals surface area contributed by atoms with Gasteiger partial charge in [-0.2, -0.15) is 5.26 Å². The molecule has 3 rings (SSSR count). The van der Waals surface area contributed by atoms with E-state index >= 15 is 0 Å². The Hall–Kier alpha value is -1.98. The first-order valence-corrected chi connectivity index (χ1v) is 7.23. The van der Waals surface area contributed by atoms with Crippen molar-refractivity contribution in [1.82, 2.24) is 0 Å². The maximum absolute atomic E-state index is 8.90. The Bertz CT molecular complexity index is 686. The van der Waals surface area contributed by atoms with Crippen molar-refractivity contribution in [2.24, 2.45) is 0 Å². The fourth-order valence-corrected chi connectivity index (χ4v) is 2.96. The van der Waals surface area contributed by atoms with E-state index in [1.165, 1.54) is 30.4 Å². The van der Waals surface area contributed by atoms with Crippen LogP contribution in [0.15, 0.2) is 36.4 Å². The number of nitriles is 1. The minimum Gasteiger partial charge on any atom is -0.355 e.